The van der Waals surface area contributed by atoms with E-state index in [2.05, 4.69) is 4.90 Å². The molecule has 0 spiro atoms. The summed E-state index contributed by atoms with van der Waals surface area (Å²) in [4.78, 5) is 11.9. The highest BCUT2D eigenvalue weighted by Crippen LogP contribution is 2.46. The zero-order chi connectivity index (χ0) is 13.9. The van der Waals surface area contributed by atoms with Crippen LogP contribution in [0.2, 0.25) is 5.02 Å². The van der Waals surface area contributed by atoms with E-state index in [-0.39, 0.29) is 6.61 Å². The molecule has 1 N–H and O–H groups in total. The molecule has 1 fully saturated rings. The third-order valence-corrected chi connectivity index (χ3v) is 5.03. The predicted molar refractivity (Wildman–Crippen MR) is 76.7 cm³/mol. The lowest BCUT2D eigenvalue weighted by Gasteiger charge is -2.37. The Morgan fingerprint density at radius 2 is 2.05 bits per heavy atom. The zero-order valence-electron chi connectivity index (χ0n) is 10.8. The first kappa shape index (κ1) is 14.8. The van der Waals surface area contributed by atoms with Gasteiger partial charge in [0.05, 0.1) is 6.61 Å². The molecule has 1 aromatic carbocycles. The molecular weight excluding hydrogens is 287 g/mol. The molecule has 1 atom stereocenters. The van der Waals surface area contributed by atoms with Crippen molar-refractivity contribution in [3.63, 3.8) is 0 Å². The van der Waals surface area contributed by atoms with Crippen molar-refractivity contribution in [2.75, 3.05) is 37.7 Å². The van der Waals surface area contributed by atoms with Crippen LogP contribution in [-0.4, -0.2) is 42.3 Å². The second-order valence-electron chi connectivity index (χ2n) is 4.33. The van der Waals surface area contributed by atoms with Gasteiger partial charge >= 0.3 is 7.75 Å². The minimum absolute atomic E-state index is 0.238. The molecule has 1 saturated heterocycles. The van der Waals surface area contributed by atoms with Crippen molar-refractivity contribution in [1.29, 1.82) is 0 Å². The Labute approximate surface area is 118 Å². The molecule has 0 aromatic heterocycles. The molecule has 7 heteroatoms. The molecule has 2 rings (SSSR count). The molecule has 1 aliphatic rings. The number of hydrogen-bond donors (Lipinski definition) is 1. The summed E-state index contributed by atoms with van der Waals surface area (Å²) < 4.78 is 18.3. The van der Waals surface area contributed by atoms with Crippen molar-refractivity contribution in [3.8, 4) is 0 Å². The van der Waals surface area contributed by atoms with E-state index in [9.17, 15) is 9.46 Å². The smallest absolute Gasteiger partial charge is 0.369 e. The van der Waals surface area contributed by atoms with Crippen LogP contribution in [0.4, 0.5) is 5.69 Å². The van der Waals surface area contributed by atoms with E-state index in [4.69, 9.17) is 16.1 Å². The summed E-state index contributed by atoms with van der Waals surface area (Å²) in [6.45, 7) is 4.31. The first-order chi connectivity index (χ1) is 9.03. The average molecular weight is 305 g/mol. The van der Waals surface area contributed by atoms with Crippen LogP contribution in [0.3, 0.4) is 0 Å². The monoisotopic (exact) mass is 304 g/mol. The highest BCUT2D eigenvalue weighted by molar-refractivity contribution is 7.50. The van der Waals surface area contributed by atoms with Crippen LogP contribution in [-0.2, 0) is 9.09 Å². The van der Waals surface area contributed by atoms with Crippen LogP contribution in [0.5, 0.6) is 0 Å². The van der Waals surface area contributed by atoms with E-state index < -0.39 is 7.75 Å². The van der Waals surface area contributed by atoms with Crippen molar-refractivity contribution in [2.45, 2.75) is 6.92 Å². The second-order valence-corrected chi connectivity index (χ2v) is 6.57. The van der Waals surface area contributed by atoms with Gasteiger partial charge in [0.25, 0.3) is 0 Å². The van der Waals surface area contributed by atoms with Gasteiger partial charge in [-0.15, -0.1) is 0 Å². The van der Waals surface area contributed by atoms with Crippen LogP contribution in [0, 0.1) is 0 Å². The second kappa shape index (κ2) is 6.25. The molecule has 19 heavy (non-hydrogen) atoms. The number of halogens is 1. The summed E-state index contributed by atoms with van der Waals surface area (Å²) in [5.41, 5.74) is 1.04. The van der Waals surface area contributed by atoms with Crippen LogP contribution >= 0.6 is 19.3 Å². The topological polar surface area (TPSA) is 53.0 Å². The van der Waals surface area contributed by atoms with Crippen LogP contribution in [0.25, 0.3) is 0 Å². The predicted octanol–water partition coefficient (Wildman–Crippen LogP) is 2.60. The van der Waals surface area contributed by atoms with E-state index in [0.29, 0.717) is 31.2 Å². The summed E-state index contributed by atoms with van der Waals surface area (Å²) in [7, 11) is -3.61. The van der Waals surface area contributed by atoms with E-state index in [0.717, 1.165) is 5.69 Å². The number of rotatable bonds is 4. The lowest BCUT2D eigenvalue weighted by Crippen LogP contribution is -2.45. The number of hydrogen-bond acceptors (Lipinski definition) is 3. The molecule has 0 radical (unpaired) electrons. The van der Waals surface area contributed by atoms with Gasteiger partial charge in [-0.05, 0) is 25.1 Å². The van der Waals surface area contributed by atoms with Gasteiger partial charge in [0.2, 0.25) is 0 Å². The third kappa shape index (κ3) is 3.71. The molecule has 1 unspecified atom stereocenters. The minimum atomic E-state index is -3.61. The maximum Gasteiger partial charge on any atom is 0.405 e. The maximum absolute atomic E-state index is 11.9. The Bertz CT molecular complexity index is 478. The highest BCUT2D eigenvalue weighted by atomic mass is 35.5. The van der Waals surface area contributed by atoms with Gasteiger partial charge in [0.1, 0.15) is 0 Å². The van der Waals surface area contributed by atoms with Gasteiger partial charge in [-0.1, -0.05) is 17.7 Å². The summed E-state index contributed by atoms with van der Waals surface area (Å²) in [6.07, 6.45) is 0. The Morgan fingerprint density at radius 1 is 1.37 bits per heavy atom. The van der Waals surface area contributed by atoms with Crippen molar-refractivity contribution in [2.24, 2.45) is 0 Å². The van der Waals surface area contributed by atoms with Crippen LogP contribution < -0.4 is 4.90 Å². The van der Waals surface area contributed by atoms with E-state index in [1.54, 1.807) is 6.92 Å². The number of nitrogens with zero attached hydrogens (tertiary/aromatic N) is 2. The number of benzene rings is 1. The summed E-state index contributed by atoms with van der Waals surface area (Å²) in [6, 6.07) is 7.63. The van der Waals surface area contributed by atoms with Gasteiger partial charge in [-0.2, -0.15) is 0 Å². The fraction of sp³-hybridized carbons (Fsp3) is 0.500. The van der Waals surface area contributed by atoms with E-state index in [1.807, 2.05) is 24.3 Å². The van der Waals surface area contributed by atoms with E-state index in [1.165, 1.54) is 4.67 Å². The highest BCUT2D eigenvalue weighted by Gasteiger charge is 2.32. The molecule has 5 nitrogen and oxygen atoms in total. The number of anilines is 1. The van der Waals surface area contributed by atoms with E-state index >= 15 is 0 Å². The molecule has 0 bridgehead atoms. The molecule has 106 valence electrons. The summed E-state index contributed by atoms with van der Waals surface area (Å²) in [5.74, 6) is 0. The normalized spacial score (nSPS) is 20.3. The maximum atomic E-state index is 11.9. The molecule has 0 amide bonds. The molecule has 0 saturated carbocycles. The Balaban J connectivity index is 1.98. The SMILES string of the molecule is CCOP(=O)(O)N1CCN(c2cccc(Cl)c2)CC1. The van der Waals surface area contributed by atoms with Gasteiger partial charge in [0, 0.05) is 36.9 Å². The first-order valence-corrected chi connectivity index (χ1v) is 8.17. The number of piperazine rings is 1. The van der Waals surface area contributed by atoms with Crippen molar-refractivity contribution in [3.05, 3.63) is 29.3 Å². The van der Waals surface area contributed by atoms with Gasteiger partial charge in [-0.3, -0.25) is 4.52 Å². The Hall–Kier alpha value is -0.580. The van der Waals surface area contributed by atoms with Crippen LogP contribution in [0.1, 0.15) is 6.92 Å². The minimum Gasteiger partial charge on any atom is -0.369 e. The van der Waals surface area contributed by atoms with Gasteiger partial charge in [0.15, 0.2) is 0 Å². The third-order valence-electron chi connectivity index (χ3n) is 3.08. The standard InChI is InChI=1S/C12H18ClN2O3P/c1-2-18-19(16,17)15-8-6-14(7-9-15)12-5-3-4-11(13)10-12/h3-5,10H,2,6-9H2,1H3,(H,16,17). The zero-order valence-corrected chi connectivity index (χ0v) is 12.5. The molecule has 1 aliphatic heterocycles. The lowest BCUT2D eigenvalue weighted by atomic mass is 10.2. The largest absolute Gasteiger partial charge is 0.405 e. The molecular formula is C12H18ClN2O3P. The van der Waals surface area contributed by atoms with Crippen molar-refractivity contribution >= 4 is 25.0 Å². The Morgan fingerprint density at radius 3 is 2.63 bits per heavy atom. The Kier molecular flexibility index (Phi) is 4.87. The molecule has 0 aliphatic carbocycles. The first-order valence-electron chi connectivity index (χ1n) is 6.26. The lowest BCUT2D eigenvalue weighted by molar-refractivity contribution is 0.205. The van der Waals surface area contributed by atoms with Gasteiger partial charge < -0.3 is 9.79 Å². The van der Waals surface area contributed by atoms with Crippen LogP contribution in [0.15, 0.2) is 24.3 Å². The fourth-order valence-electron chi connectivity index (χ4n) is 2.13. The average Bonchev–Trinajstić information content (AvgIpc) is 2.39. The quantitative estimate of drug-likeness (QED) is 0.867. The van der Waals surface area contributed by atoms with Crippen molar-refractivity contribution in [1.82, 2.24) is 4.67 Å². The summed E-state index contributed by atoms with van der Waals surface area (Å²) >= 11 is 5.96. The van der Waals surface area contributed by atoms with Gasteiger partial charge in [-0.25, -0.2) is 9.24 Å². The summed E-state index contributed by atoms with van der Waals surface area (Å²) in [5, 5.41) is 0.696. The molecule has 1 heterocycles. The fourth-order valence-corrected chi connectivity index (χ4v) is 3.50. The van der Waals surface area contributed by atoms with Crippen molar-refractivity contribution < 1.29 is 14.0 Å². The molecule has 1 aromatic rings.